The van der Waals surface area contributed by atoms with Crippen molar-refractivity contribution in [3.8, 4) is 0 Å². The number of rotatable bonds is 2. The average Bonchev–Trinajstić information content (AvgIpc) is 2.29. The molecule has 1 saturated carbocycles. The lowest BCUT2D eigenvalue weighted by Crippen LogP contribution is -2.38. The van der Waals surface area contributed by atoms with Crippen molar-refractivity contribution in [1.82, 2.24) is 0 Å². The van der Waals surface area contributed by atoms with Crippen LogP contribution in [0.1, 0.15) is 45.1 Å². The summed E-state index contributed by atoms with van der Waals surface area (Å²) in [7, 11) is 0. The quantitative estimate of drug-likeness (QED) is 0.847. The van der Waals surface area contributed by atoms with E-state index in [1.807, 2.05) is 0 Å². The summed E-state index contributed by atoms with van der Waals surface area (Å²) in [5.41, 5.74) is 0.576. The molecule has 1 aliphatic carbocycles. The summed E-state index contributed by atoms with van der Waals surface area (Å²) in [5, 5.41) is 10.7. The van der Waals surface area contributed by atoms with E-state index in [0.29, 0.717) is 11.8 Å². The molecule has 2 rings (SSSR count). The highest BCUT2D eigenvalue weighted by Crippen LogP contribution is 2.41. The van der Waals surface area contributed by atoms with Gasteiger partial charge in [0.25, 0.3) is 0 Å². The van der Waals surface area contributed by atoms with E-state index in [0.717, 1.165) is 31.2 Å². The fourth-order valence-electron chi connectivity index (χ4n) is 2.60. The lowest BCUT2D eigenvalue weighted by atomic mass is 9.69. The first kappa shape index (κ1) is 13.8. The summed E-state index contributed by atoms with van der Waals surface area (Å²) in [6.07, 6.45) is 4.21. The molecule has 0 amide bonds. The van der Waals surface area contributed by atoms with E-state index in [-0.39, 0.29) is 5.02 Å². The van der Waals surface area contributed by atoms with Crippen LogP contribution in [0, 0.1) is 11.2 Å². The van der Waals surface area contributed by atoms with E-state index >= 15 is 0 Å². The maximum atomic E-state index is 13.1. The molecule has 0 unspecified atom stereocenters. The minimum atomic E-state index is -0.656. The van der Waals surface area contributed by atoms with Crippen LogP contribution < -0.4 is 0 Å². The molecule has 1 aliphatic rings. The summed E-state index contributed by atoms with van der Waals surface area (Å²) in [6.45, 7) is 4.47. The van der Waals surface area contributed by atoms with Gasteiger partial charge in [0.1, 0.15) is 5.82 Å². The molecule has 100 valence electrons. The monoisotopic (exact) mass is 270 g/mol. The molecule has 0 spiro atoms. The van der Waals surface area contributed by atoms with Crippen molar-refractivity contribution < 1.29 is 9.50 Å². The number of hydrogen-bond acceptors (Lipinski definition) is 1. The summed E-state index contributed by atoms with van der Waals surface area (Å²) in [5.74, 6) is -0.405. The van der Waals surface area contributed by atoms with Crippen LogP contribution in [0.4, 0.5) is 4.39 Å². The molecule has 1 aromatic rings. The Kier molecular flexibility index (Phi) is 3.70. The molecule has 0 radical (unpaired) electrons. The molecule has 0 bridgehead atoms. The molecule has 3 heteroatoms. The van der Waals surface area contributed by atoms with Crippen molar-refractivity contribution in [2.75, 3.05) is 0 Å². The largest absolute Gasteiger partial charge is 0.390 e. The molecule has 0 saturated heterocycles. The van der Waals surface area contributed by atoms with Gasteiger partial charge in [-0.1, -0.05) is 31.5 Å². The van der Waals surface area contributed by atoms with Crippen LogP contribution in [-0.4, -0.2) is 10.7 Å². The Hall–Kier alpha value is -0.600. The van der Waals surface area contributed by atoms with Crippen LogP contribution in [0.15, 0.2) is 18.2 Å². The predicted molar refractivity (Wildman–Crippen MR) is 72.3 cm³/mol. The van der Waals surface area contributed by atoms with E-state index in [1.54, 1.807) is 12.1 Å². The number of aliphatic hydroxyl groups is 1. The highest BCUT2D eigenvalue weighted by Gasteiger charge is 2.36. The molecular weight excluding hydrogens is 251 g/mol. The highest BCUT2D eigenvalue weighted by molar-refractivity contribution is 6.30. The topological polar surface area (TPSA) is 20.2 Å². The van der Waals surface area contributed by atoms with Gasteiger partial charge in [-0.2, -0.15) is 0 Å². The maximum absolute atomic E-state index is 13.1. The van der Waals surface area contributed by atoms with E-state index < -0.39 is 11.4 Å². The lowest BCUT2D eigenvalue weighted by Gasteiger charge is -2.40. The van der Waals surface area contributed by atoms with Crippen molar-refractivity contribution in [2.24, 2.45) is 5.41 Å². The molecule has 0 atom stereocenters. The van der Waals surface area contributed by atoms with Gasteiger partial charge < -0.3 is 5.11 Å². The molecule has 0 heterocycles. The van der Waals surface area contributed by atoms with Crippen molar-refractivity contribution in [3.05, 3.63) is 34.6 Å². The third-order valence-corrected chi connectivity index (χ3v) is 4.34. The Morgan fingerprint density at radius 2 is 1.83 bits per heavy atom. The summed E-state index contributed by atoms with van der Waals surface area (Å²) >= 11 is 5.77. The van der Waals surface area contributed by atoms with Gasteiger partial charge in [-0.3, -0.25) is 0 Å². The Labute approximate surface area is 113 Å². The van der Waals surface area contributed by atoms with Crippen molar-refractivity contribution in [2.45, 2.75) is 51.6 Å². The van der Waals surface area contributed by atoms with Crippen LogP contribution in [-0.2, 0) is 6.42 Å². The second-order valence-electron chi connectivity index (χ2n) is 6.31. The van der Waals surface area contributed by atoms with E-state index in [4.69, 9.17) is 11.6 Å². The third kappa shape index (κ3) is 3.24. The normalized spacial score (nSPS) is 21.8. The Balaban J connectivity index is 2.07. The first-order valence-corrected chi connectivity index (χ1v) is 6.84. The third-order valence-electron chi connectivity index (χ3n) is 4.05. The predicted octanol–water partition coefficient (Wildman–Crippen LogP) is 4.35. The van der Waals surface area contributed by atoms with E-state index in [1.165, 1.54) is 6.07 Å². The lowest BCUT2D eigenvalue weighted by molar-refractivity contribution is -0.0251. The van der Waals surface area contributed by atoms with Gasteiger partial charge >= 0.3 is 0 Å². The van der Waals surface area contributed by atoms with E-state index in [9.17, 15) is 9.50 Å². The Morgan fingerprint density at radius 3 is 2.39 bits per heavy atom. The summed E-state index contributed by atoms with van der Waals surface area (Å²) in [6, 6.07) is 4.70. The number of hydrogen-bond donors (Lipinski definition) is 1. The Morgan fingerprint density at radius 1 is 1.22 bits per heavy atom. The van der Waals surface area contributed by atoms with Gasteiger partial charge in [0, 0.05) is 6.42 Å². The van der Waals surface area contributed by atoms with Crippen LogP contribution in [0.25, 0.3) is 0 Å². The van der Waals surface area contributed by atoms with Gasteiger partial charge in [0.2, 0.25) is 0 Å². The van der Waals surface area contributed by atoms with Gasteiger partial charge in [0.05, 0.1) is 10.6 Å². The van der Waals surface area contributed by atoms with Crippen LogP contribution in [0.3, 0.4) is 0 Å². The molecule has 1 fully saturated rings. The standard InChI is InChI=1S/C15H20ClFO/c1-14(2)5-7-15(18,8-6-14)10-11-3-4-13(17)12(16)9-11/h3-4,9,18H,5-8,10H2,1-2H3. The van der Waals surface area contributed by atoms with Crippen LogP contribution >= 0.6 is 11.6 Å². The number of benzene rings is 1. The van der Waals surface area contributed by atoms with Crippen molar-refractivity contribution in [1.29, 1.82) is 0 Å². The average molecular weight is 271 g/mol. The van der Waals surface area contributed by atoms with Crippen molar-refractivity contribution >= 4 is 11.6 Å². The Bertz CT molecular complexity index is 432. The van der Waals surface area contributed by atoms with Crippen molar-refractivity contribution in [3.63, 3.8) is 0 Å². The first-order chi connectivity index (χ1) is 8.30. The molecule has 18 heavy (non-hydrogen) atoms. The highest BCUT2D eigenvalue weighted by atomic mass is 35.5. The zero-order valence-electron chi connectivity index (χ0n) is 11.0. The van der Waals surface area contributed by atoms with Gasteiger partial charge in [-0.05, 0) is 48.8 Å². The molecule has 1 N–H and O–H groups in total. The molecule has 1 aromatic carbocycles. The fraction of sp³-hybridized carbons (Fsp3) is 0.600. The summed E-state index contributed by atoms with van der Waals surface area (Å²) < 4.78 is 13.1. The van der Waals surface area contributed by atoms with E-state index in [2.05, 4.69) is 13.8 Å². The minimum Gasteiger partial charge on any atom is -0.390 e. The SMILES string of the molecule is CC1(C)CCC(O)(Cc2ccc(F)c(Cl)c2)CC1. The second kappa shape index (κ2) is 4.82. The zero-order valence-corrected chi connectivity index (χ0v) is 11.7. The number of halogens is 2. The van der Waals surface area contributed by atoms with Crippen LogP contribution in [0.5, 0.6) is 0 Å². The van der Waals surface area contributed by atoms with Gasteiger partial charge in [0.15, 0.2) is 0 Å². The first-order valence-electron chi connectivity index (χ1n) is 6.46. The van der Waals surface area contributed by atoms with Gasteiger partial charge in [-0.15, -0.1) is 0 Å². The molecule has 0 aliphatic heterocycles. The minimum absolute atomic E-state index is 0.132. The maximum Gasteiger partial charge on any atom is 0.141 e. The smallest absolute Gasteiger partial charge is 0.141 e. The summed E-state index contributed by atoms with van der Waals surface area (Å²) in [4.78, 5) is 0. The van der Waals surface area contributed by atoms with Crippen LogP contribution in [0.2, 0.25) is 5.02 Å². The molecular formula is C15H20ClFO. The van der Waals surface area contributed by atoms with Gasteiger partial charge in [-0.25, -0.2) is 4.39 Å². The fourth-order valence-corrected chi connectivity index (χ4v) is 2.80. The molecule has 1 nitrogen and oxygen atoms in total. The zero-order chi connectivity index (χ0) is 13.4. The second-order valence-corrected chi connectivity index (χ2v) is 6.72. The molecule has 0 aromatic heterocycles.